The zero-order chi connectivity index (χ0) is 15.4. The molecular formula is C16H37N3O. The average molecular weight is 287 g/mol. The molecule has 0 heterocycles. The molecular weight excluding hydrogens is 250 g/mol. The minimum absolute atomic E-state index is 0.0216. The highest BCUT2D eigenvalue weighted by molar-refractivity contribution is 4.83. The third kappa shape index (κ3) is 8.20. The molecule has 20 heavy (non-hydrogen) atoms. The molecule has 0 aromatic carbocycles. The Labute approximate surface area is 126 Å². The molecule has 0 aliphatic carbocycles. The number of unbranched alkanes of at least 4 members (excludes halogenated alkanes) is 1. The predicted octanol–water partition coefficient (Wildman–Crippen LogP) is 2.09. The van der Waals surface area contributed by atoms with Gasteiger partial charge in [-0.3, -0.25) is 0 Å². The van der Waals surface area contributed by atoms with Gasteiger partial charge in [-0.2, -0.15) is 0 Å². The number of nitrogens with one attached hydrogen (secondary N) is 3. The van der Waals surface area contributed by atoms with Gasteiger partial charge in [0.15, 0.2) is 0 Å². The maximum absolute atomic E-state index is 9.40. The summed E-state index contributed by atoms with van der Waals surface area (Å²) >= 11 is 0. The fraction of sp³-hybridized carbons (Fsp3) is 1.00. The Hall–Kier alpha value is -0.160. The van der Waals surface area contributed by atoms with E-state index < -0.39 is 0 Å². The van der Waals surface area contributed by atoms with Crippen molar-refractivity contribution in [2.75, 3.05) is 27.7 Å². The number of aliphatic hydroxyl groups is 1. The topological polar surface area (TPSA) is 56.3 Å². The van der Waals surface area contributed by atoms with E-state index in [2.05, 4.69) is 29.8 Å². The Kier molecular flexibility index (Phi) is 11.4. The van der Waals surface area contributed by atoms with Gasteiger partial charge in [0.05, 0.1) is 5.66 Å². The fourth-order valence-corrected chi connectivity index (χ4v) is 2.64. The Balaban J connectivity index is 4.05. The van der Waals surface area contributed by atoms with Crippen molar-refractivity contribution in [3.63, 3.8) is 0 Å². The standard InChI is InChI=1S/C16H37N3O/c1-6-7-9-14(13-20)10-8-11-15(17-3)12-16(2,18-4)19-5/h14-15,17-20H,6-13H2,1-5H3. The summed E-state index contributed by atoms with van der Waals surface area (Å²) in [4.78, 5) is 0. The van der Waals surface area contributed by atoms with Crippen LogP contribution in [0.25, 0.3) is 0 Å². The largest absolute Gasteiger partial charge is 0.396 e. The maximum atomic E-state index is 9.40. The highest BCUT2D eigenvalue weighted by atomic mass is 16.3. The van der Waals surface area contributed by atoms with E-state index in [0.717, 1.165) is 19.3 Å². The van der Waals surface area contributed by atoms with E-state index in [1.807, 2.05) is 21.1 Å². The highest BCUT2D eigenvalue weighted by Crippen LogP contribution is 2.18. The van der Waals surface area contributed by atoms with Gasteiger partial charge in [-0.15, -0.1) is 0 Å². The normalized spacial score (nSPS) is 15.3. The summed E-state index contributed by atoms with van der Waals surface area (Å²) in [5, 5.41) is 19.5. The summed E-state index contributed by atoms with van der Waals surface area (Å²) < 4.78 is 0. The molecule has 0 amide bonds. The van der Waals surface area contributed by atoms with Crippen LogP contribution < -0.4 is 16.0 Å². The van der Waals surface area contributed by atoms with E-state index in [4.69, 9.17) is 0 Å². The Morgan fingerprint density at radius 2 is 1.60 bits per heavy atom. The number of hydrogen-bond acceptors (Lipinski definition) is 4. The third-order valence-electron chi connectivity index (χ3n) is 4.56. The number of hydrogen-bond donors (Lipinski definition) is 4. The number of rotatable bonds is 13. The molecule has 4 heteroatoms. The molecule has 0 rings (SSSR count). The predicted molar refractivity (Wildman–Crippen MR) is 87.9 cm³/mol. The maximum Gasteiger partial charge on any atom is 0.0668 e. The summed E-state index contributed by atoms with van der Waals surface area (Å²) in [6, 6.07) is 0.505. The van der Waals surface area contributed by atoms with Crippen LogP contribution in [0.15, 0.2) is 0 Å². The SMILES string of the molecule is CCCCC(CO)CCCC(CC(C)(NC)NC)NC. The van der Waals surface area contributed by atoms with Crippen molar-refractivity contribution in [3.05, 3.63) is 0 Å². The summed E-state index contributed by atoms with van der Waals surface area (Å²) in [7, 11) is 6.03. The third-order valence-corrected chi connectivity index (χ3v) is 4.56. The van der Waals surface area contributed by atoms with Gasteiger partial charge >= 0.3 is 0 Å². The van der Waals surface area contributed by atoms with Gasteiger partial charge in [0.2, 0.25) is 0 Å². The van der Waals surface area contributed by atoms with Crippen molar-refractivity contribution >= 4 is 0 Å². The van der Waals surface area contributed by atoms with Crippen molar-refractivity contribution in [2.24, 2.45) is 5.92 Å². The van der Waals surface area contributed by atoms with Crippen molar-refractivity contribution < 1.29 is 5.11 Å². The molecule has 0 aromatic heterocycles. The monoisotopic (exact) mass is 287 g/mol. The second-order valence-electron chi connectivity index (χ2n) is 6.14. The molecule has 0 aliphatic heterocycles. The summed E-state index contributed by atoms with van der Waals surface area (Å²) in [5.74, 6) is 0.493. The molecule has 2 atom stereocenters. The van der Waals surface area contributed by atoms with E-state index in [1.165, 1.54) is 25.7 Å². The molecule has 122 valence electrons. The molecule has 0 saturated carbocycles. The van der Waals surface area contributed by atoms with Gasteiger partial charge in [0.25, 0.3) is 0 Å². The van der Waals surface area contributed by atoms with Crippen molar-refractivity contribution in [3.8, 4) is 0 Å². The minimum Gasteiger partial charge on any atom is -0.396 e. The van der Waals surface area contributed by atoms with E-state index in [9.17, 15) is 5.11 Å². The van der Waals surface area contributed by atoms with Crippen molar-refractivity contribution in [1.82, 2.24) is 16.0 Å². The van der Waals surface area contributed by atoms with Crippen LogP contribution in [0.1, 0.15) is 58.8 Å². The smallest absolute Gasteiger partial charge is 0.0668 e. The lowest BCUT2D eigenvalue weighted by atomic mass is 9.93. The molecule has 0 radical (unpaired) electrons. The molecule has 0 aliphatic rings. The Morgan fingerprint density at radius 1 is 1.00 bits per heavy atom. The van der Waals surface area contributed by atoms with Crippen LogP contribution in [-0.4, -0.2) is 44.6 Å². The second-order valence-corrected chi connectivity index (χ2v) is 6.14. The molecule has 4 N–H and O–H groups in total. The highest BCUT2D eigenvalue weighted by Gasteiger charge is 2.23. The number of aliphatic hydroxyl groups excluding tert-OH is 1. The van der Waals surface area contributed by atoms with Gasteiger partial charge in [0, 0.05) is 12.6 Å². The summed E-state index contributed by atoms with van der Waals surface area (Å²) in [6.45, 7) is 4.74. The van der Waals surface area contributed by atoms with E-state index >= 15 is 0 Å². The first-order valence-corrected chi connectivity index (χ1v) is 8.21. The second kappa shape index (κ2) is 11.5. The van der Waals surface area contributed by atoms with Crippen LogP contribution in [0.2, 0.25) is 0 Å². The van der Waals surface area contributed by atoms with Crippen LogP contribution >= 0.6 is 0 Å². The molecule has 0 fully saturated rings. The lowest BCUT2D eigenvalue weighted by molar-refractivity contribution is 0.200. The van der Waals surface area contributed by atoms with Gasteiger partial charge in [-0.25, -0.2) is 0 Å². The average Bonchev–Trinajstić information content (AvgIpc) is 2.49. The van der Waals surface area contributed by atoms with Crippen LogP contribution in [0, 0.1) is 5.92 Å². The van der Waals surface area contributed by atoms with Crippen LogP contribution in [0.3, 0.4) is 0 Å². The van der Waals surface area contributed by atoms with Gasteiger partial charge in [-0.05, 0) is 59.7 Å². The first kappa shape index (κ1) is 19.8. The summed E-state index contributed by atoms with van der Waals surface area (Å²) in [5.41, 5.74) is -0.0216. The molecule has 0 spiro atoms. The van der Waals surface area contributed by atoms with E-state index in [0.29, 0.717) is 18.6 Å². The first-order chi connectivity index (χ1) is 9.55. The van der Waals surface area contributed by atoms with Gasteiger partial charge in [-0.1, -0.05) is 26.2 Å². The van der Waals surface area contributed by atoms with Crippen molar-refractivity contribution in [1.29, 1.82) is 0 Å². The van der Waals surface area contributed by atoms with E-state index in [1.54, 1.807) is 0 Å². The minimum atomic E-state index is -0.0216. The Bertz CT molecular complexity index is 220. The lowest BCUT2D eigenvalue weighted by Gasteiger charge is -2.33. The van der Waals surface area contributed by atoms with Crippen LogP contribution in [-0.2, 0) is 0 Å². The Morgan fingerprint density at radius 3 is 2.05 bits per heavy atom. The summed E-state index contributed by atoms with van der Waals surface area (Å²) in [6.07, 6.45) is 8.17. The molecule has 4 nitrogen and oxygen atoms in total. The van der Waals surface area contributed by atoms with Crippen LogP contribution in [0.5, 0.6) is 0 Å². The van der Waals surface area contributed by atoms with Crippen LogP contribution in [0.4, 0.5) is 0 Å². The van der Waals surface area contributed by atoms with E-state index in [-0.39, 0.29) is 5.66 Å². The van der Waals surface area contributed by atoms with Gasteiger partial charge in [0.1, 0.15) is 0 Å². The van der Waals surface area contributed by atoms with Crippen molar-refractivity contribution in [2.45, 2.75) is 70.5 Å². The lowest BCUT2D eigenvalue weighted by Crippen LogP contribution is -2.54. The molecule has 0 aromatic rings. The first-order valence-electron chi connectivity index (χ1n) is 8.21. The zero-order valence-corrected chi connectivity index (χ0v) is 14.3. The molecule has 2 unspecified atom stereocenters. The molecule has 0 saturated heterocycles. The molecule has 0 bridgehead atoms. The fourth-order valence-electron chi connectivity index (χ4n) is 2.64. The quantitative estimate of drug-likeness (QED) is 0.392. The zero-order valence-electron chi connectivity index (χ0n) is 14.3. The van der Waals surface area contributed by atoms with Gasteiger partial charge < -0.3 is 21.1 Å².